The van der Waals surface area contributed by atoms with Crippen LogP contribution < -0.4 is 4.90 Å². The van der Waals surface area contributed by atoms with Crippen LogP contribution in [-0.4, -0.2) is 38.5 Å². The second-order valence-electron chi connectivity index (χ2n) is 2.87. The van der Waals surface area contributed by atoms with Gasteiger partial charge < -0.3 is 9.45 Å². The first-order valence-electron chi connectivity index (χ1n) is 4.32. The first kappa shape index (κ1) is 10.5. The van der Waals surface area contributed by atoms with Crippen molar-refractivity contribution in [2.45, 2.75) is 5.75 Å². The minimum Gasteiger partial charge on any atom is -0.345 e. The van der Waals surface area contributed by atoms with Gasteiger partial charge in [0.05, 0.1) is 5.75 Å². The lowest BCUT2D eigenvalue weighted by atomic mass is 10.5. The van der Waals surface area contributed by atoms with Crippen molar-refractivity contribution in [3.8, 4) is 0 Å². The molecule has 78 valence electrons. The summed E-state index contributed by atoms with van der Waals surface area (Å²) in [5.41, 5.74) is 0. The highest BCUT2D eigenvalue weighted by Gasteiger charge is 2.15. The molecule has 2 rings (SSSR count). The van der Waals surface area contributed by atoms with Crippen LogP contribution in [0.1, 0.15) is 5.82 Å². The first-order valence-corrected chi connectivity index (χ1v) is 7.19. The fourth-order valence-corrected chi connectivity index (χ4v) is 3.21. The SMILES string of the molecule is OSCc1nsc(N2CCSCC2)n1. The normalized spacial score (nSPS) is 17.4. The number of hydrogen-bond donors (Lipinski definition) is 1. The van der Waals surface area contributed by atoms with Crippen LogP contribution in [-0.2, 0) is 5.75 Å². The Morgan fingerprint density at radius 3 is 2.93 bits per heavy atom. The van der Waals surface area contributed by atoms with Crippen LogP contribution in [0.15, 0.2) is 0 Å². The summed E-state index contributed by atoms with van der Waals surface area (Å²) in [7, 11) is 0. The number of aromatic nitrogens is 2. The average Bonchev–Trinajstić information content (AvgIpc) is 2.68. The Balaban J connectivity index is 2.00. The van der Waals surface area contributed by atoms with Gasteiger partial charge in [-0.1, -0.05) is 0 Å². The second kappa shape index (κ2) is 5.20. The van der Waals surface area contributed by atoms with Crippen molar-refractivity contribution < 1.29 is 4.55 Å². The Hall–Kier alpha value is 0.0200. The van der Waals surface area contributed by atoms with Crippen molar-refractivity contribution in [3.05, 3.63) is 5.82 Å². The Morgan fingerprint density at radius 1 is 1.43 bits per heavy atom. The molecule has 0 spiro atoms. The fourth-order valence-electron chi connectivity index (χ4n) is 1.24. The molecule has 0 aliphatic carbocycles. The van der Waals surface area contributed by atoms with E-state index in [-0.39, 0.29) is 0 Å². The number of rotatable bonds is 3. The van der Waals surface area contributed by atoms with E-state index >= 15 is 0 Å². The van der Waals surface area contributed by atoms with Gasteiger partial charge in [-0.15, -0.1) is 0 Å². The molecular weight excluding hydrogens is 238 g/mol. The molecule has 0 saturated carbocycles. The molecular formula is C7H11N3OS3. The summed E-state index contributed by atoms with van der Waals surface area (Å²) in [6.07, 6.45) is 0. The Bertz CT molecular complexity index is 287. The lowest BCUT2D eigenvalue weighted by molar-refractivity contribution is 0.662. The molecule has 7 heteroatoms. The van der Waals surface area contributed by atoms with Crippen molar-refractivity contribution in [1.29, 1.82) is 0 Å². The topological polar surface area (TPSA) is 49.3 Å². The summed E-state index contributed by atoms with van der Waals surface area (Å²) >= 11 is 4.18. The van der Waals surface area contributed by atoms with Crippen molar-refractivity contribution >= 4 is 40.5 Å². The van der Waals surface area contributed by atoms with Crippen LogP contribution in [0.4, 0.5) is 5.13 Å². The summed E-state index contributed by atoms with van der Waals surface area (Å²) in [5, 5.41) is 0.995. The summed E-state index contributed by atoms with van der Waals surface area (Å²) in [6, 6.07) is 0. The second-order valence-corrected chi connectivity index (χ2v) is 5.37. The van der Waals surface area contributed by atoms with Gasteiger partial charge in [-0.05, 0) is 12.0 Å². The van der Waals surface area contributed by atoms with Crippen LogP contribution in [0.5, 0.6) is 0 Å². The Labute approximate surface area is 95.5 Å². The summed E-state index contributed by atoms with van der Waals surface area (Å²) in [5.74, 6) is 3.56. The third kappa shape index (κ3) is 2.53. The fraction of sp³-hybridized carbons (Fsp3) is 0.714. The molecule has 1 aromatic heterocycles. The molecule has 0 unspecified atom stereocenters. The van der Waals surface area contributed by atoms with E-state index in [2.05, 4.69) is 14.3 Å². The largest absolute Gasteiger partial charge is 0.345 e. The molecule has 0 bridgehead atoms. The van der Waals surface area contributed by atoms with Crippen molar-refractivity contribution in [2.75, 3.05) is 29.5 Å². The summed E-state index contributed by atoms with van der Waals surface area (Å²) in [4.78, 5) is 6.63. The minimum absolute atomic E-state index is 0.485. The van der Waals surface area contributed by atoms with E-state index in [0.717, 1.165) is 36.1 Å². The predicted molar refractivity (Wildman–Crippen MR) is 63.4 cm³/mol. The molecule has 1 aromatic rings. The van der Waals surface area contributed by atoms with Gasteiger partial charge in [-0.3, -0.25) is 0 Å². The number of anilines is 1. The van der Waals surface area contributed by atoms with Crippen molar-refractivity contribution in [3.63, 3.8) is 0 Å². The van der Waals surface area contributed by atoms with Crippen LogP contribution in [0.25, 0.3) is 0 Å². The van der Waals surface area contributed by atoms with Gasteiger partial charge in [0, 0.05) is 36.1 Å². The van der Waals surface area contributed by atoms with Crippen molar-refractivity contribution in [1.82, 2.24) is 9.36 Å². The summed E-state index contributed by atoms with van der Waals surface area (Å²) < 4.78 is 12.8. The van der Waals surface area contributed by atoms with Gasteiger partial charge in [-0.25, -0.2) is 4.98 Å². The van der Waals surface area contributed by atoms with Gasteiger partial charge in [0.2, 0.25) is 5.13 Å². The Kier molecular flexibility index (Phi) is 3.91. The van der Waals surface area contributed by atoms with Gasteiger partial charge in [0.1, 0.15) is 0 Å². The molecule has 1 saturated heterocycles. The van der Waals surface area contributed by atoms with E-state index in [1.165, 1.54) is 23.0 Å². The quantitative estimate of drug-likeness (QED) is 0.824. The van der Waals surface area contributed by atoms with Gasteiger partial charge in [0.15, 0.2) is 5.82 Å². The summed E-state index contributed by atoms with van der Waals surface area (Å²) in [6.45, 7) is 2.12. The Morgan fingerprint density at radius 2 is 2.21 bits per heavy atom. The van der Waals surface area contributed by atoms with Crippen molar-refractivity contribution in [2.24, 2.45) is 0 Å². The molecule has 0 atom stereocenters. The molecule has 1 aliphatic rings. The molecule has 0 amide bonds. The maximum atomic E-state index is 8.66. The zero-order valence-corrected chi connectivity index (χ0v) is 10.00. The lowest BCUT2D eigenvalue weighted by Gasteiger charge is -2.24. The maximum Gasteiger partial charge on any atom is 0.205 e. The molecule has 1 fully saturated rings. The van der Waals surface area contributed by atoms with E-state index in [1.807, 2.05) is 11.8 Å². The highest BCUT2D eigenvalue weighted by Crippen LogP contribution is 2.22. The zero-order chi connectivity index (χ0) is 9.80. The van der Waals surface area contributed by atoms with Crippen LogP contribution in [0.3, 0.4) is 0 Å². The highest BCUT2D eigenvalue weighted by molar-refractivity contribution is 7.99. The van der Waals surface area contributed by atoms with E-state index in [4.69, 9.17) is 4.55 Å². The molecule has 2 heterocycles. The third-order valence-corrected chi connectivity index (χ3v) is 4.08. The zero-order valence-electron chi connectivity index (χ0n) is 7.55. The molecule has 0 aromatic carbocycles. The molecule has 14 heavy (non-hydrogen) atoms. The van der Waals surface area contributed by atoms with Gasteiger partial charge >= 0.3 is 0 Å². The third-order valence-electron chi connectivity index (χ3n) is 1.93. The molecule has 0 radical (unpaired) electrons. The van der Waals surface area contributed by atoms with E-state index in [9.17, 15) is 0 Å². The minimum atomic E-state index is 0.485. The predicted octanol–water partition coefficient (Wildman–Crippen LogP) is 1.80. The molecule has 4 nitrogen and oxygen atoms in total. The molecule has 1 aliphatic heterocycles. The standard InChI is InChI=1S/C7H11N3OS3/c11-13-5-6-8-7(14-9-6)10-1-3-12-4-2-10/h11H,1-5H2. The molecule has 1 N–H and O–H groups in total. The monoisotopic (exact) mass is 249 g/mol. The van der Waals surface area contributed by atoms with Gasteiger partial charge in [-0.2, -0.15) is 16.1 Å². The average molecular weight is 249 g/mol. The van der Waals surface area contributed by atoms with Crippen LogP contribution in [0, 0.1) is 0 Å². The van der Waals surface area contributed by atoms with E-state index < -0.39 is 0 Å². The number of hydrogen-bond acceptors (Lipinski definition) is 7. The lowest BCUT2D eigenvalue weighted by Crippen LogP contribution is -2.32. The smallest absolute Gasteiger partial charge is 0.205 e. The van der Waals surface area contributed by atoms with Gasteiger partial charge in [0.25, 0.3) is 0 Å². The highest BCUT2D eigenvalue weighted by atomic mass is 32.2. The number of thioether (sulfide) groups is 1. The first-order chi connectivity index (χ1) is 6.90. The van der Waals surface area contributed by atoms with E-state index in [1.54, 1.807) is 0 Å². The van der Waals surface area contributed by atoms with Crippen LogP contribution >= 0.6 is 35.3 Å². The van der Waals surface area contributed by atoms with Crippen LogP contribution in [0.2, 0.25) is 0 Å². The van der Waals surface area contributed by atoms with E-state index in [0.29, 0.717) is 5.75 Å². The maximum absolute atomic E-state index is 8.66. The number of nitrogens with zero attached hydrogens (tertiary/aromatic N) is 3.